The van der Waals surface area contributed by atoms with Crippen LogP contribution >= 0.6 is 0 Å². The van der Waals surface area contributed by atoms with Crippen molar-refractivity contribution in [2.75, 3.05) is 0 Å². The van der Waals surface area contributed by atoms with E-state index in [-0.39, 0.29) is 5.84 Å². The summed E-state index contributed by atoms with van der Waals surface area (Å²) in [5.41, 5.74) is 2.50. The molecule has 0 aliphatic carbocycles. The molecule has 1 N–H and O–H groups in total. The second-order valence-corrected chi connectivity index (χ2v) is 2.38. The van der Waals surface area contributed by atoms with Crippen LogP contribution in [-0.4, -0.2) is 10.8 Å². The molecule has 0 fully saturated rings. The van der Waals surface area contributed by atoms with Gasteiger partial charge in [0.25, 0.3) is 0 Å². The van der Waals surface area contributed by atoms with Crippen LogP contribution < -0.4 is 10.4 Å². The fourth-order valence-corrected chi connectivity index (χ4v) is 1.06. The zero-order valence-electron chi connectivity index (χ0n) is 6.43. The Morgan fingerprint density at radius 2 is 2.23 bits per heavy atom. The number of hydrazone groups is 1. The van der Waals surface area contributed by atoms with Gasteiger partial charge >= 0.3 is 5.84 Å². The molecule has 0 saturated carbocycles. The van der Waals surface area contributed by atoms with Crippen LogP contribution in [0.15, 0.2) is 29.4 Å². The average molecular weight is 179 g/mol. The number of hydrogen-bond donors (Lipinski definition) is 1. The van der Waals surface area contributed by atoms with Gasteiger partial charge in [-0.2, -0.15) is 0 Å². The van der Waals surface area contributed by atoms with Gasteiger partial charge in [0.15, 0.2) is 5.75 Å². The first-order valence-corrected chi connectivity index (χ1v) is 3.52. The summed E-state index contributed by atoms with van der Waals surface area (Å²) in [5.74, 6) is 0.172. The molecule has 1 aliphatic rings. The fourth-order valence-electron chi connectivity index (χ4n) is 1.06. The minimum atomic E-state index is -0.561. The van der Waals surface area contributed by atoms with E-state index in [2.05, 4.69) is 10.7 Å². The molecule has 0 aromatic heterocycles. The van der Waals surface area contributed by atoms with Crippen LogP contribution in [0.1, 0.15) is 5.56 Å². The lowest BCUT2D eigenvalue weighted by Gasteiger charge is -2.09. The molecule has 13 heavy (non-hydrogen) atoms. The predicted molar refractivity (Wildman–Crippen MR) is 43.7 cm³/mol. The van der Waals surface area contributed by atoms with Crippen molar-refractivity contribution < 1.29 is 9.76 Å². The number of hydrogen-bond acceptors (Lipinski definition) is 5. The Labute approximate surface area is 72.9 Å². The first kappa shape index (κ1) is 7.53. The van der Waals surface area contributed by atoms with Crippen molar-refractivity contribution in [3.63, 3.8) is 0 Å². The van der Waals surface area contributed by atoms with Crippen LogP contribution in [0.5, 0.6) is 5.75 Å². The molecule has 6 nitrogen and oxygen atoms in total. The van der Waals surface area contributed by atoms with Crippen LogP contribution in [0, 0.1) is 10.1 Å². The van der Waals surface area contributed by atoms with Gasteiger partial charge in [0.1, 0.15) is 5.56 Å². The third kappa shape index (κ3) is 1.18. The smallest absolute Gasteiger partial charge is 0.358 e. The van der Waals surface area contributed by atoms with Crippen molar-refractivity contribution in [1.29, 1.82) is 0 Å². The van der Waals surface area contributed by atoms with Crippen LogP contribution in [0.4, 0.5) is 0 Å². The van der Waals surface area contributed by atoms with Crippen molar-refractivity contribution in [3.05, 3.63) is 39.9 Å². The van der Waals surface area contributed by atoms with Gasteiger partial charge in [-0.15, -0.1) is 0 Å². The molecule has 1 heterocycles. The van der Waals surface area contributed by atoms with Crippen LogP contribution in [-0.2, 0) is 0 Å². The van der Waals surface area contributed by atoms with E-state index >= 15 is 0 Å². The van der Waals surface area contributed by atoms with Gasteiger partial charge in [-0.25, -0.2) is 0 Å². The van der Waals surface area contributed by atoms with Crippen molar-refractivity contribution >= 4 is 5.84 Å². The maximum Gasteiger partial charge on any atom is 0.402 e. The van der Waals surface area contributed by atoms with Crippen LogP contribution in [0.3, 0.4) is 0 Å². The zero-order chi connectivity index (χ0) is 9.26. The van der Waals surface area contributed by atoms with E-state index in [1.807, 2.05) is 0 Å². The quantitative estimate of drug-likeness (QED) is 0.465. The van der Waals surface area contributed by atoms with Crippen molar-refractivity contribution in [2.45, 2.75) is 0 Å². The zero-order valence-corrected chi connectivity index (χ0v) is 6.43. The summed E-state index contributed by atoms with van der Waals surface area (Å²) in [6, 6.07) is 6.62. The normalized spacial score (nSPS) is 13.4. The molecule has 0 saturated heterocycles. The molecule has 66 valence electrons. The molecular weight excluding hydrogens is 174 g/mol. The Kier molecular flexibility index (Phi) is 1.59. The average Bonchev–Trinajstić information content (AvgIpc) is 2.17. The Morgan fingerprint density at radius 3 is 3.00 bits per heavy atom. The molecule has 0 unspecified atom stereocenters. The van der Waals surface area contributed by atoms with E-state index in [0.717, 1.165) is 0 Å². The molecule has 0 spiro atoms. The minimum absolute atomic E-state index is 0.234. The van der Waals surface area contributed by atoms with E-state index in [0.29, 0.717) is 11.3 Å². The SMILES string of the molecule is O=[N+]([O-])C1=NNOc2ccccc21. The van der Waals surface area contributed by atoms with Crippen molar-refractivity contribution in [1.82, 2.24) is 5.59 Å². The molecule has 0 amide bonds. The van der Waals surface area contributed by atoms with E-state index in [4.69, 9.17) is 4.84 Å². The predicted octanol–water partition coefficient (Wildman–Crippen LogP) is 0.522. The van der Waals surface area contributed by atoms with Crippen LogP contribution in [0.2, 0.25) is 0 Å². The van der Waals surface area contributed by atoms with Gasteiger partial charge in [0, 0.05) is 0 Å². The van der Waals surface area contributed by atoms with Crippen molar-refractivity contribution in [2.24, 2.45) is 5.10 Å². The van der Waals surface area contributed by atoms with Gasteiger partial charge in [-0.1, -0.05) is 12.1 Å². The lowest BCUT2D eigenvalue weighted by atomic mass is 10.2. The summed E-state index contributed by atoms with van der Waals surface area (Å²) >= 11 is 0. The molecule has 1 aromatic carbocycles. The molecular formula is C7H5N3O3. The maximum absolute atomic E-state index is 10.5. The van der Waals surface area contributed by atoms with E-state index in [9.17, 15) is 10.1 Å². The van der Waals surface area contributed by atoms with Gasteiger partial charge in [0.05, 0.1) is 5.10 Å². The summed E-state index contributed by atoms with van der Waals surface area (Å²) in [4.78, 5) is 14.8. The highest BCUT2D eigenvalue weighted by Crippen LogP contribution is 2.20. The first-order chi connectivity index (χ1) is 6.29. The second-order valence-electron chi connectivity index (χ2n) is 2.38. The molecule has 1 aromatic rings. The molecule has 0 bridgehead atoms. The highest BCUT2D eigenvalue weighted by Gasteiger charge is 2.25. The number of nitro groups is 1. The van der Waals surface area contributed by atoms with Gasteiger partial charge in [-0.05, 0) is 22.6 Å². The third-order valence-corrected chi connectivity index (χ3v) is 1.61. The molecule has 0 radical (unpaired) electrons. The number of nitrogens with zero attached hydrogens (tertiary/aromatic N) is 2. The summed E-state index contributed by atoms with van der Waals surface area (Å²) in [5, 5.41) is 13.9. The number of rotatable bonds is 0. The number of nitrogens with one attached hydrogen (secondary N) is 1. The number of amidine groups is 1. The van der Waals surface area contributed by atoms with Gasteiger partial charge < -0.3 is 15.0 Å². The fraction of sp³-hybridized carbons (Fsp3) is 0. The van der Waals surface area contributed by atoms with E-state index in [1.54, 1.807) is 24.3 Å². The number of benzene rings is 1. The standard InChI is InChI=1S/C7H5N3O3/c11-10(12)7-5-3-1-2-4-6(5)13-9-8-7/h1-4,9H. The summed E-state index contributed by atoms with van der Waals surface area (Å²) in [6.07, 6.45) is 0. The van der Waals surface area contributed by atoms with Gasteiger partial charge in [0.2, 0.25) is 0 Å². The first-order valence-electron chi connectivity index (χ1n) is 3.52. The van der Waals surface area contributed by atoms with E-state index in [1.165, 1.54) is 0 Å². The summed E-state index contributed by atoms with van der Waals surface area (Å²) in [7, 11) is 0. The molecule has 2 rings (SSSR count). The summed E-state index contributed by atoms with van der Waals surface area (Å²) < 4.78 is 0. The maximum atomic E-state index is 10.5. The summed E-state index contributed by atoms with van der Waals surface area (Å²) in [6.45, 7) is 0. The number of para-hydroxylation sites is 1. The monoisotopic (exact) mass is 179 g/mol. The lowest BCUT2D eigenvalue weighted by molar-refractivity contribution is -0.350. The molecule has 0 atom stereocenters. The lowest BCUT2D eigenvalue weighted by Crippen LogP contribution is -2.26. The molecule has 6 heteroatoms. The highest BCUT2D eigenvalue weighted by molar-refractivity contribution is 5.95. The Morgan fingerprint density at radius 1 is 1.46 bits per heavy atom. The second kappa shape index (κ2) is 2.74. The number of fused-ring (bicyclic) bond motifs is 1. The molecule has 1 aliphatic heterocycles. The minimum Gasteiger partial charge on any atom is -0.358 e. The van der Waals surface area contributed by atoms with Crippen LogP contribution in [0.25, 0.3) is 0 Å². The Hall–Kier alpha value is -2.11. The van der Waals surface area contributed by atoms with Gasteiger partial charge in [-0.3, -0.25) is 0 Å². The van der Waals surface area contributed by atoms with E-state index < -0.39 is 4.92 Å². The Bertz CT molecular complexity index is 388. The third-order valence-electron chi connectivity index (χ3n) is 1.61. The van der Waals surface area contributed by atoms with Crippen molar-refractivity contribution in [3.8, 4) is 5.75 Å². The Balaban J connectivity index is 2.53. The topological polar surface area (TPSA) is 76.8 Å². The highest BCUT2D eigenvalue weighted by atomic mass is 16.7. The largest absolute Gasteiger partial charge is 0.402 e.